The largest absolute Gasteiger partial charge is 0.464 e. The number of esters is 1. The van der Waals surface area contributed by atoms with Gasteiger partial charge in [-0.1, -0.05) is 28.1 Å². The average Bonchev–Trinajstić information content (AvgIpc) is 2.92. The van der Waals surface area contributed by atoms with Gasteiger partial charge in [0.15, 0.2) is 0 Å². The number of nitrogens with one attached hydrogen (secondary N) is 1. The van der Waals surface area contributed by atoms with Crippen molar-refractivity contribution >= 4 is 39.5 Å². The van der Waals surface area contributed by atoms with Gasteiger partial charge in [0.1, 0.15) is 17.6 Å². The van der Waals surface area contributed by atoms with Gasteiger partial charge in [-0.25, -0.2) is 4.79 Å². The summed E-state index contributed by atoms with van der Waals surface area (Å²) in [5.41, 5.74) is 5.05. The van der Waals surface area contributed by atoms with Crippen LogP contribution < -0.4 is 5.32 Å². The Morgan fingerprint density at radius 2 is 2.20 bits per heavy atom. The summed E-state index contributed by atoms with van der Waals surface area (Å²) in [5, 5.41) is 8.19. The van der Waals surface area contributed by atoms with Crippen LogP contribution in [0.4, 0.5) is 5.82 Å². The number of carbonyl (C=O) groups excluding carboxylic acids is 1. The van der Waals surface area contributed by atoms with Gasteiger partial charge in [-0.2, -0.15) is 5.10 Å². The molecule has 1 aliphatic rings. The van der Waals surface area contributed by atoms with E-state index in [-0.39, 0.29) is 11.2 Å². The van der Waals surface area contributed by atoms with E-state index in [1.165, 1.54) is 11.1 Å². The standard InChI is InChI=1S/C22H23BrN4O2S/c1-4-29-22(28)17-12-30-20(15-9-8-14(23)11-13(15)2)18-19(16-7-5-6-10-24-16)26-27(3)21(18)25-17/h5-11,17,20,25H,4,12H2,1-3H3. The van der Waals surface area contributed by atoms with Gasteiger partial charge in [-0.3, -0.25) is 9.67 Å². The SMILES string of the molecule is CCOC(=O)C1CSC(c2ccc(Br)cc2C)c2c(-c3ccccn3)nn(C)c2N1. The van der Waals surface area contributed by atoms with Crippen molar-refractivity contribution in [2.45, 2.75) is 25.1 Å². The molecule has 30 heavy (non-hydrogen) atoms. The Kier molecular flexibility index (Phi) is 6.15. The minimum absolute atomic E-state index is 0.00531. The van der Waals surface area contributed by atoms with Crippen LogP contribution in [-0.2, 0) is 16.6 Å². The van der Waals surface area contributed by atoms with Gasteiger partial charge in [-0.15, -0.1) is 11.8 Å². The number of benzene rings is 1. The maximum Gasteiger partial charge on any atom is 0.329 e. The van der Waals surface area contributed by atoms with Crippen LogP contribution >= 0.6 is 27.7 Å². The topological polar surface area (TPSA) is 69.0 Å². The number of nitrogens with zero attached hydrogens (tertiary/aromatic N) is 3. The van der Waals surface area contributed by atoms with E-state index in [2.05, 4.69) is 51.4 Å². The quantitative estimate of drug-likeness (QED) is 0.537. The minimum atomic E-state index is -0.443. The monoisotopic (exact) mass is 486 g/mol. The number of hydrogen-bond acceptors (Lipinski definition) is 6. The second-order valence-corrected chi connectivity index (χ2v) is 9.17. The molecule has 0 spiro atoms. The Hall–Kier alpha value is -2.32. The second kappa shape index (κ2) is 8.81. The molecule has 2 aromatic heterocycles. The first-order valence-electron chi connectivity index (χ1n) is 9.78. The van der Waals surface area contributed by atoms with Crippen molar-refractivity contribution in [2.75, 3.05) is 17.7 Å². The van der Waals surface area contributed by atoms with E-state index >= 15 is 0 Å². The lowest BCUT2D eigenvalue weighted by atomic mass is 9.98. The Labute approximate surface area is 188 Å². The van der Waals surface area contributed by atoms with E-state index in [4.69, 9.17) is 9.84 Å². The molecule has 2 atom stereocenters. The maximum absolute atomic E-state index is 12.6. The van der Waals surface area contributed by atoms with E-state index in [1.54, 1.807) is 22.6 Å². The molecular weight excluding hydrogens is 464 g/mol. The smallest absolute Gasteiger partial charge is 0.329 e. The molecule has 0 bridgehead atoms. The molecule has 3 aromatic rings. The summed E-state index contributed by atoms with van der Waals surface area (Å²) in [5.74, 6) is 1.17. The Morgan fingerprint density at radius 3 is 2.90 bits per heavy atom. The molecule has 0 radical (unpaired) electrons. The van der Waals surface area contributed by atoms with Crippen molar-refractivity contribution < 1.29 is 9.53 Å². The average molecular weight is 487 g/mol. The van der Waals surface area contributed by atoms with E-state index in [0.29, 0.717) is 12.4 Å². The predicted molar refractivity (Wildman–Crippen MR) is 124 cm³/mol. The molecule has 1 aromatic carbocycles. The molecular formula is C22H23BrN4O2S. The number of aromatic nitrogens is 3. The van der Waals surface area contributed by atoms with Gasteiger partial charge in [-0.05, 0) is 49.2 Å². The molecule has 6 nitrogen and oxygen atoms in total. The third-order valence-corrected chi connectivity index (χ3v) is 6.92. The molecule has 0 saturated carbocycles. The molecule has 1 N–H and O–H groups in total. The molecule has 156 valence electrons. The zero-order chi connectivity index (χ0) is 21.3. The highest BCUT2D eigenvalue weighted by Crippen LogP contribution is 2.47. The fraction of sp³-hybridized carbons (Fsp3) is 0.318. The lowest BCUT2D eigenvalue weighted by Gasteiger charge is -2.19. The number of ether oxygens (including phenoxy) is 1. The number of fused-ring (bicyclic) bond motifs is 1. The maximum atomic E-state index is 12.6. The van der Waals surface area contributed by atoms with E-state index < -0.39 is 6.04 Å². The molecule has 0 aliphatic carbocycles. The molecule has 2 unspecified atom stereocenters. The highest BCUT2D eigenvalue weighted by molar-refractivity contribution is 9.10. The number of thioether (sulfide) groups is 1. The van der Waals surface area contributed by atoms with Crippen molar-refractivity contribution in [1.82, 2.24) is 14.8 Å². The van der Waals surface area contributed by atoms with Crippen LogP contribution in [0.15, 0.2) is 47.1 Å². The van der Waals surface area contributed by atoms with Gasteiger partial charge in [0.25, 0.3) is 0 Å². The summed E-state index contributed by atoms with van der Waals surface area (Å²) in [6, 6.07) is 11.7. The predicted octanol–water partition coefficient (Wildman–Crippen LogP) is 4.73. The summed E-state index contributed by atoms with van der Waals surface area (Å²) in [6.45, 7) is 4.29. The number of aryl methyl sites for hydroxylation is 2. The molecule has 0 saturated heterocycles. The molecule has 8 heteroatoms. The van der Waals surface area contributed by atoms with E-state index in [1.807, 2.05) is 32.2 Å². The van der Waals surface area contributed by atoms with Crippen LogP contribution in [-0.4, -0.2) is 39.1 Å². The second-order valence-electron chi connectivity index (χ2n) is 7.11. The fourth-order valence-corrected chi connectivity index (χ4v) is 5.60. The van der Waals surface area contributed by atoms with Crippen molar-refractivity contribution in [3.63, 3.8) is 0 Å². The summed E-state index contributed by atoms with van der Waals surface area (Å²) >= 11 is 5.29. The van der Waals surface area contributed by atoms with Crippen LogP contribution in [0.1, 0.15) is 28.9 Å². The Bertz CT molecular complexity index is 1070. The summed E-state index contributed by atoms with van der Waals surface area (Å²) < 4.78 is 8.15. The first-order valence-corrected chi connectivity index (χ1v) is 11.6. The van der Waals surface area contributed by atoms with E-state index in [0.717, 1.165) is 27.2 Å². The molecule has 3 heterocycles. The lowest BCUT2D eigenvalue weighted by molar-refractivity contribution is -0.143. The van der Waals surface area contributed by atoms with Crippen molar-refractivity contribution in [3.8, 4) is 11.4 Å². The van der Waals surface area contributed by atoms with Crippen LogP contribution in [0.25, 0.3) is 11.4 Å². The molecule has 0 amide bonds. The summed E-state index contributed by atoms with van der Waals surface area (Å²) in [6.07, 6.45) is 1.77. The number of hydrogen-bond donors (Lipinski definition) is 1. The number of pyridine rings is 1. The molecule has 4 rings (SSSR count). The Balaban J connectivity index is 1.88. The fourth-order valence-electron chi connectivity index (χ4n) is 3.68. The number of carbonyl (C=O) groups is 1. The van der Waals surface area contributed by atoms with Crippen LogP contribution in [0.2, 0.25) is 0 Å². The van der Waals surface area contributed by atoms with Crippen LogP contribution in [0, 0.1) is 6.92 Å². The van der Waals surface area contributed by atoms with Gasteiger partial charge >= 0.3 is 5.97 Å². The van der Waals surface area contributed by atoms with Crippen molar-refractivity contribution in [1.29, 1.82) is 0 Å². The third kappa shape index (κ3) is 3.98. The minimum Gasteiger partial charge on any atom is -0.464 e. The van der Waals surface area contributed by atoms with Gasteiger partial charge in [0, 0.05) is 29.0 Å². The third-order valence-electron chi connectivity index (χ3n) is 5.08. The summed E-state index contributed by atoms with van der Waals surface area (Å²) in [7, 11) is 1.89. The van der Waals surface area contributed by atoms with Gasteiger partial charge < -0.3 is 10.1 Å². The lowest BCUT2D eigenvalue weighted by Crippen LogP contribution is -2.33. The van der Waals surface area contributed by atoms with Crippen molar-refractivity contribution in [2.24, 2.45) is 7.05 Å². The van der Waals surface area contributed by atoms with Crippen molar-refractivity contribution in [3.05, 3.63) is 63.8 Å². The highest BCUT2D eigenvalue weighted by Gasteiger charge is 2.35. The first kappa shape index (κ1) is 20.9. The zero-order valence-corrected chi connectivity index (χ0v) is 19.5. The molecule has 0 fully saturated rings. The normalized spacial score (nSPS) is 18.3. The molecule has 1 aliphatic heterocycles. The number of rotatable bonds is 4. The Morgan fingerprint density at radius 1 is 1.37 bits per heavy atom. The zero-order valence-electron chi connectivity index (χ0n) is 17.1. The first-order chi connectivity index (χ1) is 14.5. The number of halogens is 1. The van der Waals surface area contributed by atoms with Gasteiger partial charge in [0.05, 0.1) is 17.6 Å². The van der Waals surface area contributed by atoms with Crippen LogP contribution in [0.5, 0.6) is 0 Å². The van der Waals surface area contributed by atoms with Crippen LogP contribution in [0.3, 0.4) is 0 Å². The summed E-state index contributed by atoms with van der Waals surface area (Å²) in [4.78, 5) is 17.1. The van der Waals surface area contributed by atoms with Gasteiger partial charge in [0.2, 0.25) is 0 Å². The highest BCUT2D eigenvalue weighted by atomic mass is 79.9. The van der Waals surface area contributed by atoms with E-state index in [9.17, 15) is 4.79 Å². The number of anilines is 1.